The molecule has 3 heterocycles. The van der Waals surface area contributed by atoms with Crippen LogP contribution in [0.4, 0.5) is 0 Å². The van der Waals surface area contributed by atoms with Crippen molar-refractivity contribution in [2.45, 2.75) is 39.2 Å². The molecule has 2 aromatic rings. The minimum absolute atomic E-state index is 0.458. The highest BCUT2D eigenvalue weighted by molar-refractivity contribution is 5.05. The van der Waals surface area contributed by atoms with Gasteiger partial charge in [0.2, 0.25) is 5.89 Å². The molecule has 3 rings (SSSR count). The van der Waals surface area contributed by atoms with Gasteiger partial charge in [-0.1, -0.05) is 0 Å². The topological polar surface area (TPSA) is 55.3 Å². The van der Waals surface area contributed by atoms with Gasteiger partial charge in [-0.25, -0.2) is 9.97 Å². The molecule has 1 aliphatic rings. The van der Waals surface area contributed by atoms with Crippen LogP contribution in [0, 0.1) is 13.8 Å². The van der Waals surface area contributed by atoms with Crippen LogP contribution in [0.5, 0.6) is 0 Å². The van der Waals surface area contributed by atoms with Crippen LogP contribution < -0.4 is 0 Å². The maximum atomic E-state index is 5.63. The molecule has 0 spiro atoms. The van der Waals surface area contributed by atoms with E-state index < -0.39 is 0 Å². The number of aryl methyl sites for hydroxylation is 2. The van der Waals surface area contributed by atoms with E-state index >= 15 is 0 Å². The van der Waals surface area contributed by atoms with E-state index in [9.17, 15) is 0 Å². The number of hydrogen-bond acceptors (Lipinski definition) is 5. The molecule has 5 heteroatoms. The van der Waals surface area contributed by atoms with Gasteiger partial charge in [-0.2, -0.15) is 0 Å². The van der Waals surface area contributed by atoms with Gasteiger partial charge in [-0.3, -0.25) is 4.90 Å². The molecule has 2 aromatic heterocycles. The lowest BCUT2D eigenvalue weighted by molar-refractivity contribution is 0.177. The molecule has 0 N–H and O–H groups in total. The average molecular weight is 261 g/mol. The molecule has 1 saturated heterocycles. The number of oxazole rings is 2. The third-order valence-corrected chi connectivity index (χ3v) is 3.82. The van der Waals surface area contributed by atoms with Gasteiger partial charge in [0.25, 0.3) is 0 Å². The summed E-state index contributed by atoms with van der Waals surface area (Å²) < 4.78 is 11.0. The minimum Gasteiger partial charge on any atom is -0.449 e. The molecular weight excluding hydrogens is 242 g/mol. The van der Waals surface area contributed by atoms with Gasteiger partial charge < -0.3 is 8.83 Å². The second-order valence-electron chi connectivity index (χ2n) is 5.17. The highest BCUT2D eigenvalue weighted by atomic mass is 16.4. The molecule has 19 heavy (non-hydrogen) atoms. The highest BCUT2D eigenvalue weighted by Crippen LogP contribution is 2.27. The lowest BCUT2D eigenvalue weighted by Crippen LogP contribution is -2.32. The van der Waals surface area contributed by atoms with Crippen LogP contribution >= 0.6 is 0 Å². The zero-order chi connectivity index (χ0) is 13.2. The first kappa shape index (κ1) is 12.4. The molecule has 1 fully saturated rings. The van der Waals surface area contributed by atoms with Gasteiger partial charge in [0.1, 0.15) is 12.0 Å². The summed E-state index contributed by atoms with van der Waals surface area (Å²) in [5.41, 5.74) is 0.990. The van der Waals surface area contributed by atoms with E-state index in [1.165, 1.54) is 0 Å². The Hall–Kier alpha value is -1.62. The van der Waals surface area contributed by atoms with Gasteiger partial charge in [-0.15, -0.1) is 0 Å². The molecule has 0 saturated carbocycles. The maximum absolute atomic E-state index is 5.63. The Labute approximate surface area is 112 Å². The zero-order valence-electron chi connectivity index (χ0n) is 11.4. The van der Waals surface area contributed by atoms with Crippen molar-refractivity contribution in [3.05, 3.63) is 35.7 Å². The molecular formula is C14H19N3O2. The number of likely N-dealkylation sites (tertiary alicyclic amines) is 1. The van der Waals surface area contributed by atoms with E-state index in [4.69, 9.17) is 8.83 Å². The van der Waals surface area contributed by atoms with E-state index in [2.05, 4.69) is 14.9 Å². The fraction of sp³-hybridized carbons (Fsp3) is 0.571. The molecule has 5 nitrogen and oxygen atoms in total. The molecule has 0 atom stereocenters. The Morgan fingerprint density at radius 3 is 2.68 bits per heavy atom. The molecule has 0 aliphatic carbocycles. The van der Waals surface area contributed by atoms with Crippen LogP contribution in [0.15, 0.2) is 21.3 Å². The van der Waals surface area contributed by atoms with Crippen LogP contribution in [0.3, 0.4) is 0 Å². The second-order valence-corrected chi connectivity index (χ2v) is 5.17. The Morgan fingerprint density at radius 2 is 2.11 bits per heavy atom. The number of hydrogen-bond donors (Lipinski definition) is 0. The molecule has 0 unspecified atom stereocenters. The van der Waals surface area contributed by atoms with Crippen molar-refractivity contribution in [1.29, 1.82) is 0 Å². The first-order chi connectivity index (χ1) is 9.22. The summed E-state index contributed by atoms with van der Waals surface area (Å²) in [6.07, 6.45) is 5.54. The first-order valence-electron chi connectivity index (χ1n) is 6.77. The van der Waals surface area contributed by atoms with E-state index in [-0.39, 0.29) is 0 Å². The molecule has 1 aliphatic heterocycles. The number of rotatable bonds is 3. The van der Waals surface area contributed by atoms with Crippen molar-refractivity contribution in [2.75, 3.05) is 13.1 Å². The molecule has 0 radical (unpaired) electrons. The van der Waals surface area contributed by atoms with Crippen LogP contribution in [-0.2, 0) is 6.54 Å². The number of piperidine rings is 1. The number of nitrogens with zero attached hydrogens (tertiary/aromatic N) is 3. The Bertz CT molecular complexity index is 505. The third-order valence-electron chi connectivity index (χ3n) is 3.82. The first-order valence-corrected chi connectivity index (χ1v) is 6.77. The number of aromatic nitrogens is 2. The summed E-state index contributed by atoms with van der Waals surface area (Å²) >= 11 is 0. The predicted molar refractivity (Wildman–Crippen MR) is 69.7 cm³/mol. The molecule has 0 amide bonds. The van der Waals surface area contributed by atoms with Gasteiger partial charge in [0.15, 0.2) is 5.89 Å². The van der Waals surface area contributed by atoms with Crippen molar-refractivity contribution >= 4 is 0 Å². The van der Waals surface area contributed by atoms with Gasteiger partial charge in [0, 0.05) is 5.92 Å². The highest BCUT2D eigenvalue weighted by Gasteiger charge is 2.24. The van der Waals surface area contributed by atoms with Crippen LogP contribution in [0.2, 0.25) is 0 Å². The Kier molecular flexibility index (Phi) is 3.38. The predicted octanol–water partition coefficient (Wildman–Crippen LogP) is 2.66. The SMILES string of the molecule is Cc1nc(CN2CCC(c3ncco3)CC2)oc1C. The molecule has 0 aromatic carbocycles. The fourth-order valence-electron chi connectivity index (χ4n) is 2.57. The third kappa shape index (κ3) is 2.71. The normalized spacial score (nSPS) is 18.0. The Morgan fingerprint density at radius 1 is 1.32 bits per heavy atom. The standard InChI is InChI=1S/C14H19N3O2/c1-10-11(2)19-13(16-10)9-17-6-3-12(4-7-17)14-15-5-8-18-14/h5,8,12H,3-4,6-7,9H2,1-2H3. The summed E-state index contributed by atoms with van der Waals surface area (Å²) in [7, 11) is 0. The summed E-state index contributed by atoms with van der Waals surface area (Å²) in [6.45, 7) is 6.81. The smallest absolute Gasteiger partial charge is 0.208 e. The summed E-state index contributed by atoms with van der Waals surface area (Å²) in [4.78, 5) is 11.1. The van der Waals surface area contributed by atoms with E-state index in [0.717, 1.165) is 55.7 Å². The molecule has 0 bridgehead atoms. The summed E-state index contributed by atoms with van der Waals surface area (Å²) in [5, 5.41) is 0. The van der Waals surface area contributed by atoms with Gasteiger partial charge in [-0.05, 0) is 39.8 Å². The van der Waals surface area contributed by atoms with Crippen molar-refractivity contribution in [2.24, 2.45) is 0 Å². The second kappa shape index (κ2) is 5.17. The quantitative estimate of drug-likeness (QED) is 0.850. The van der Waals surface area contributed by atoms with Crippen molar-refractivity contribution in [1.82, 2.24) is 14.9 Å². The van der Waals surface area contributed by atoms with E-state index in [1.54, 1.807) is 12.5 Å². The van der Waals surface area contributed by atoms with Crippen molar-refractivity contribution in [3.63, 3.8) is 0 Å². The van der Waals surface area contributed by atoms with Crippen LogP contribution in [-0.4, -0.2) is 28.0 Å². The van der Waals surface area contributed by atoms with Crippen LogP contribution in [0.25, 0.3) is 0 Å². The lowest BCUT2D eigenvalue weighted by atomic mass is 9.97. The largest absolute Gasteiger partial charge is 0.449 e. The average Bonchev–Trinajstić information content (AvgIpc) is 3.02. The fourth-order valence-corrected chi connectivity index (χ4v) is 2.57. The van der Waals surface area contributed by atoms with Gasteiger partial charge in [0.05, 0.1) is 18.4 Å². The lowest BCUT2D eigenvalue weighted by Gasteiger charge is -2.29. The van der Waals surface area contributed by atoms with E-state index in [0.29, 0.717) is 5.92 Å². The van der Waals surface area contributed by atoms with E-state index in [1.807, 2.05) is 13.8 Å². The monoisotopic (exact) mass is 261 g/mol. The minimum atomic E-state index is 0.458. The maximum Gasteiger partial charge on any atom is 0.208 e. The van der Waals surface area contributed by atoms with Crippen LogP contribution in [0.1, 0.15) is 42.0 Å². The molecule has 102 valence electrons. The van der Waals surface area contributed by atoms with Crippen molar-refractivity contribution < 1.29 is 8.83 Å². The van der Waals surface area contributed by atoms with Gasteiger partial charge >= 0.3 is 0 Å². The Balaban J connectivity index is 1.55. The summed E-state index contributed by atoms with van der Waals surface area (Å²) in [5.74, 6) is 3.08. The summed E-state index contributed by atoms with van der Waals surface area (Å²) in [6, 6.07) is 0. The zero-order valence-corrected chi connectivity index (χ0v) is 11.4. The van der Waals surface area contributed by atoms with Crippen molar-refractivity contribution in [3.8, 4) is 0 Å².